The van der Waals surface area contributed by atoms with Crippen LogP contribution in [0.5, 0.6) is 0 Å². The number of aryl methyl sites for hydroxylation is 1. The predicted molar refractivity (Wildman–Crippen MR) is 97.1 cm³/mol. The summed E-state index contributed by atoms with van der Waals surface area (Å²) < 4.78 is 40.2. The lowest BCUT2D eigenvalue weighted by Crippen LogP contribution is -2.20. The molecule has 0 saturated carbocycles. The van der Waals surface area contributed by atoms with Crippen LogP contribution in [0.1, 0.15) is 36.5 Å². The first-order chi connectivity index (χ1) is 11.5. The summed E-state index contributed by atoms with van der Waals surface area (Å²) in [6.07, 6.45) is -4.68. The molecule has 0 unspecified atom stereocenters. The van der Waals surface area contributed by atoms with Gasteiger partial charge in [0.25, 0.3) is 0 Å². The van der Waals surface area contributed by atoms with Crippen molar-refractivity contribution < 1.29 is 13.2 Å². The highest BCUT2D eigenvalue weighted by Crippen LogP contribution is 2.41. The van der Waals surface area contributed by atoms with Gasteiger partial charge in [-0.3, -0.25) is 4.79 Å². The molecule has 3 aromatic carbocycles. The van der Waals surface area contributed by atoms with E-state index >= 15 is 0 Å². The number of halogens is 3. The third kappa shape index (κ3) is 2.62. The molecule has 0 aliphatic carbocycles. The van der Waals surface area contributed by atoms with Crippen LogP contribution >= 0.6 is 0 Å². The summed E-state index contributed by atoms with van der Waals surface area (Å²) in [4.78, 5) is 14.4. The van der Waals surface area contributed by atoms with Crippen LogP contribution in [0.2, 0.25) is 0 Å². The largest absolute Gasteiger partial charge is 0.420 e. The van der Waals surface area contributed by atoms with E-state index in [4.69, 9.17) is 0 Å². The Balaban J connectivity index is 2.66. The lowest BCUT2D eigenvalue weighted by Gasteiger charge is -2.14. The zero-order valence-electron chi connectivity index (χ0n) is 14.9. The van der Waals surface area contributed by atoms with E-state index in [-0.39, 0.29) is 11.3 Å². The molecule has 2 nitrogen and oxygen atoms in total. The van der Waals surface area contributed by atoms with Crippen molar-refractivity contribution in [2.75, 3.05) is 19.0 Å². The molecule has 3 rings (SSSR count). The van der Waals surface area contributed by atoms with Crippen molar-refractivity contribution in [2.24, 2.45) is 0 Å². The second kappa shape index (κ2) is 5.61. The van der Waals surface area contributed by atoms with Crippen LogP contribution in [0.25, 0.3) is 21.5 Å². The number of alkyl halides is 3. The molecule has 0 aliphatic rings. The molecule has 132 valence electrons. The van der Waals surface area contributed by atoms with Gasteiger partial charge in [-0.15, -0.1) is 0 Å². The van der Waals surface area contributed by atoms with Crippen LogP contribution in [0.4, 0.5) is 18.9 Å². The summed E-state index contributed by atoms with van der Waals surface area (Å²) in [6.45, 7) is 5.93. The fourth-order valence-electron chi connectivity index (χ4n) is 3.55. The average molecular weight is 347 g/mol. The van der Waals surface area contributed by atoms with Gasteiger partial charge in [0.05, 0.1) is 11.1 Å². The first-order valence-corrected chi connectivity index (χ1v) is 8.15. The monoisotopic (exact) mass is 347 g/mol. The highest BCUT2D eigenvalue weighted by Gasteiger charge is 2.36. The molecule has 0 saturated heterocycles. The first kappa shape index (κ1) is 17.5. The topological polar surface area (TPSA) is 20.3 Å². The second-order valence-electron chi connectivity index (χ2n) is 7.00. The quantitative estimate of drug-likeness (QED) is 0.626. The molecule has 0 radical (unpaired) electrons. The average Bonchev–Trinajstić information content (AvgIpc) is 2.64. The third-order valence-corrected chi connectivity index (χ3v) is 4.76. The Morgan fingerprint density at radius 2 is 1.68 bits per heavy atom. The summed E-state index contributed by atoms with van der Waals surface area (Å²) in [7, 11) is 3.50. The molecule has 0 spiro atoms. The van der Waals surface area contributed by atoms with Crippen molar-refractivity contribution in [3.8, 4) is 0 Å². The Morgan fingerprint density at radius 3 is 2.20 bits per heavy atom. The molecular formula is C20H20F3NO. The van der Waals surface area contributed by atoms with Crippen molar-refractivity contribution in [1.82, 2.24) is 0 Å². The van der Waals surface area contributed by atoms with E-state index in [2.05, 4.69) is 0 Å². The number of hydrogen-bond donors (Lipinski definition) is 0. The van der Waals surface area contributed by atoms with Gasteiger partial charge in [0.15, 0.2) is 0 Å². The highest BCUT2D eigenvalue weighted by atomic mass is 19.4. The number of rotatable bonds is 2. The number of nitrogens with zero attached hydrogens (tertiary/aromatic N) is 1. The molecule has 0 aromatic heterocycles. The summed E-state index contributed by atoms with van der Waals surface area (Å²) in [5.74, 6) is 0.228. The smallest absolute Gasteiger partial charge is 0.377 e. The molecule has 0 aliphatic heterocycles. The summed E-state index contributed by atoms with van der Waals surface area (Å²) >= 11 is 0. The molecule has 0 fully saturated rings. The zero-order chi connectivity index (χ0) is 18.7. The van der Waals surface area contributed by atoms with Crippen LogP contribution in [-0.2, 0) is 6.18 Å². The fraction of sp³-hybridized carbons (Fsp3) is 0.350. The second-order valence-corrected chi connectivity index (χ2v) is 7.00. The minimum atomic E-state index is -4.68. The van der Waals surface area contributed by atoms with E-state index in [1.807, 2.05) is 32.9 Å². The van der Waals surface area contributed by atoms with Crippen molar-refractivity contribution in [1.29, 1.82) is 0 Å². The Kier molecular flexibility index (Phi) is 3.93. The van der Waals surface area contributed by atoms with Crippen molar-refractivity contribution >= 4 is 27.2 Å². The van der Waals surface area contributed by atoms with Gasteiger partial charge < -0.3 is 4.90 Å². The van der Waals surface area contributed by atoms with E-state index in [1.54, 1.807) is 25.1 Å². The number of anilines is 1. The molecule has 3 aromatic rings. The molecule has 0 bridgehead atoms. The Bertz CT molecular complexity index is 1020. The molecule has 0 atom stereocenters. The maximum Gasteiger partial charge on any atom is 0.420 e. The first-order valence-electron chi connectivity index (χ1n) is 8.15. The van der Waals surface area contributed by atoms with Gasteiger partial charge in [-0.1, -0.05) is 32.0 Å². The zero-order valence-corrected chi connectivity index (χ0v) is 14.9. The number of benzene rings is 1. The fourth-order valence-corrected chi connectivity index (χ4v) is 3.55. The summed E-state index contributed by atoms with van der Waals surface area (Å²) in [5.41, 5.74) is 0.375. The van der Waals surface area contributed by atoms with Crippen LogP contribution in [-0.4, -0.2) is 14.1 Å². The Morgan fingerprint density at radius 1 is 1.04 bits per heavy atom. The summed E-state index contributed by atoms with van der Waals surface area (Å²) in [6, 6.07) is 6.52. The minimum Gasteiger partial charge on any atom is -0.377 e. The minimum absolute atomic E-state index is 0.160. The van der Waals surface area contributed by atoms with Gasteiger partial charge in [0, 0.05) is 19.5 Å². The maximum absolute atomic E-state index is 13.4. The van der Waals surface area contributed by atoms with Crippen LogP contribution < -0.4 is 10.3 Å². The van der Waals surface area contributed by atoms with Gasteiger partial charge in [-0.25, -0.2) is 0 Å². The molecule has 25 heavy (non-hydrogen) atoms. The van der Waals surface area contributed by atoms with Gasteiger partial charge in [-0.2, -0.15) is 13.2 Å². The van der Waals surface area contributed by atoms with Gasteiger partial charge in [-0.05, 0) is 40.8 Å². The van der Waals surface area contributed by atoms with E-state index in [1.165, 1.54) is 0 Å². The van der Waals surface area contributed by atoms with Gasteiger partial charge in [0.1, 0.15) is 5.56 Å². The molecule has 0 heterocycles. The molecule has 5 heteroatoms. The van der Waals surface area contributed by atoms with Gasteiger partial charge >= 0.3 is 6.18 Å². The van der Waals surface area contributed by atoms with E-state index in [0.29, 0.717) is 16.5 Å². The van der Waals surface area contributed by atoms with Crippen LogP contribution in [0.15, 0.2) is 29.1 Å². The standard InChI is InChI=1S/C20H20F3NO/c1-10(2)12-6-7-13-9-15(20(21,22)23)19(25)17-16(13)14(8-12)11(3)18(17)24(4)5/h6-10H,1-5H3. The summed E-state index contributed by atoms with van der Waals surface area (Å²) in [5, 5.41) is 2.06. The van der Waals surface area contributed by atoms with Crippen molar-refractivity contribution in [3.63, 3.8) is 0 Å². The number of hydrogen-bond acceptors (Lipinski definition) is 2. The Labute approximate surface area is 144 Å². The van der Waals surface area contributed by atoms with E-state index < -0.39 is 17.2 Å². The van der Waals surface area contributed by atoms with E-state index in [0.717, 1.165) is 22.6 Å². The third-order valence-electron chi connectivity index (χ3n) is 4.76. The van der Waals surface area contributed by atoms with Crippen molar-refractivity contribution in [3.05, 3.63) is 51.2 Å². The lowest BCUT2D eigenvalue weighted by atomic mass is 10.0. The molecular weight excluding hydrogens is 327 g/mol. The highest BCUT2D eigenvalue weighted by molar-refractivity contribution is 6.19. The van der Waals surface area contributed by atoms with E-state index in [9.17, 15) is 18.0 Å². The van der Waals surface area contributed by atoms with Gasteiger partial charge in [0.2, 0.25) is 5.43 Å². The van der Waals surface area contributed by atoms with Crippen molar-refractivity contribution in [2.45, 2.75) is 32.9 Å². The molecule has 0 amide bonds. The predicted octanol–water partition coefficient (Wildman–Crippen LogP) is 5.31. The normalized spacial score (nSPS) is 12.5. The lowest BCUT2D eigenvalue weighted by molar-refractivity contribution is -0.138. The Hall–Kier alpha value is -2.30. The van der Waals surface area contributed by atoms with Crippen LogP contribution in [0.3, 0.4) is 0 Å². The van der Waals surface area contributed by atoms with Crippen LogP contribution in [0, 0.1) is 6.92 Å². The SMILES string of the molecule is Cc1c(N(C)C)c2c(=O)c(C(F)(F)F)cc3ccc(C(C)C)cc1c32. The molecule has 0 N–H and O–H groups in total. The maximum atomic E-state index is 13.4.